The third kappa shape index (κ3) is 1.53. The molecular formula is C18H26O. The van der Waals surface area contributed by atoms with E-state index < -0.39 is 0 Å². The number of aryl methyl sites for hydroxylation is 2. The standard InChI is InChI=1S/C18H26O/c1-11-8-14(16(19)9-12(11)2)15-10-13-6-7-18(15,5)17(13,3)4/h8-9,13,15,19H,6-7,10H2,1-5H3/t13-,15-,18+/m0/s1. The molecule has 1 N–H and O–H groups in total. The lowest BCUT2D eigenvalue weighted by Gasteiger charge is -2.40. The van der Waals surface area contributed by atoms with Gasteiger partial charge in [0.1, 0.15) is 5.75 Å². The smallest absolute Gasteiger partial charge is 0.119 e. The second-order valence-electron chi connectivity index (χ2n) is 7.66. The number of benzene rings is 1. The van der Waals surface area contributed by atoms with Crippen LogP contribution in [-0.2, 0) is 0 Å². The predicted molar refractivity (Wildman–Crippen MR) is 79.6 cm³/mol. The Kier molecular flexibility index (Phi) is 2.59. The summed E-state index contributed by atoms with van der Waals surface area (Å²) in [7, 11) is 0. The minimum absolute atomic E-state index is 0.344. The van der Waals surface area contributed by atoms with E-state index in [1.807, 2.05) is 6.07 Å². The van der Waals surface area contributed by atoms with Crippen LogP contribution in [0.4, 0.5) is 0 Å². The third-order valence-corrected chi connectivity index (χ3v) is 6.81. The minimum Gasteiger partial charge on any atom is -0.508 e. The fourth-order valence-corrected chi connectivity index (χ4v) is 4.78. The van der Waals surface area contributed by atoms with Crippen molar-refractivity contribution in [1.82, 2.24) is 0 Å². The number of phenolic OH excluding ortho intramolecular Hbond substituents is 1. The zero-order valence-corrected chi connectivity index (χ0v) is 12.9. The van der Waals surface area contributed by atoms with Crippen LogP contribution >= 0.6 is 0 Å². The summed E-state index contributed by atoms with van der Waals surface area (Å²) in [6.45, 7) is 11.5. The van der Waals surface area contributed by atoms with Crippen LogP contribution in [-0.4, -0.2) is 5.11 Å². The average molecular weight is 258 g/mol. The zero-order valence-electron chi connectivity index (χ0n) is 12.9. The van der Waals surface area contributed by atoms with Gasteiger partial charge in [-0.25, -0.2) is 0 Å². The van der Waals surface area contributed by atoms with Crippen LogP contribution in [0.25, 0.3) is 0 Å². The highest BCUT2D eigenvalue weighted by Gasteiger charge is 2.61. The maximum Gasteiger partial charge on any atom is 0.119 e. The number of hydrogen-bond acceptors (Lipinski definition) is 1. The summed E-state index contributed by atoms with van der Waals surface area (Å²) in [4.78, 5) is 0. The molecule has 3 rings (SSSR count). The number of aromatic hydroxyl groups is 1. The van der Waals surface area contributed by atoms with Crippen LogP contribution in [0.1, 0.15) is 62.6 Å². The van der Waals surface area contributed by atoms with Crippen molar-refractivity contribution in [2.75, 3.05) is 0 Å². The van der Waals surface area contributed by atoms with Crippen molar-refractivity contribution >= 4 is 0 Å². The van der Waals surface area contributed by atoms with Gasteiger partial charge >= 0.3 is 0 Å². The average Bonchev–Trinajstić information content (AvgIpc) is 2.66. The molecule has 0 spiro atoms. The molecule has 3 atom stereocenters. The lowest BCUT2D eigenvalue weighted by Crippen LogP contribution is -2.31. The number of fused-ring (bicyclic) bond motifs is 2. The van der Waals surface area contributed by atoms with Crippen LogP contribution in [0.2, 0.25) is 0 Å². The van der Waals surface area contributed by atoms with E-state index in [1.165, 1.54) is 36.0 Å². The number of rotatable bonds is 1. The molecule has 1 aromatic rings. The van der Waals surface area contributed by atoms with Crippen molar-refractivity contribution in [2.45, 2.75) is 59.8 Å². The maximum atomic E-state index is 10.4. The van der Waals surface area contributed by atoms with Crippen molar-refractivity contribution in [3.8, 4) is 5.75 Å². The molecule has 1 aromatic carbocycles. The largest absolute Gasteiger partial charge is 0.508 e. The van der Waals surface area contributed by atoms with Crippen LogP contribution in [0.5, 0.6) is 5.75 Å². The summed E-state index contributed by atoms with van der Waals surface area (Å²) in [6.07, 6.45) is 3.92. The Hall–Kier alpha value is -0.980. The van der Waals surface area contributed by atoms with Gasteiger partial charge in [0.05, 0.1) is 0 Å². The second kappa shape index (κ2) is 3.77. The van der Waals surface area contributed by atoms with Crippen LogP contribution in [0, 0.1) is 30.6 Å². The first-order valence-corrected chi connectivity index (χ1v) is 7.57. The molecule has 0 heterocycles. The lowest BCUT2D eigenvalue weighted by molar-refractivity contribution is 0.133. The molecule has 2 bridgehead atoms. The first-order valence-electron chi connectivity index (χ1n) is 7.57. The highest BCUT2D eigenvalue weighted by atomic mass is 16.3. The molecule has 0 aliphatic heterocycles. The third-order valence-electron chi connectivity index (χ3n) is 6.81. The van der Waals surface area contributed by atoms with E-state index in [0.717, 1.165) is 5.92 Å². The van der Waals surface area contributed by atoms with Gasteiger partial charge in [0, 0.05) is 0 Å². The van der Waals surface area contributed by atoms with Gasteiger partial charge in [-0.1, -0.05) is 26.8 Å². The van der Waals surface area contributed by atoms with Gasteiger partial charge in [-0.3, -0.25) is 0 Å². The monoisotopic (exact) mass is 258 g/mol. The molecule has 0 amide bonds. The van der Waals surface area contributed by atoms with E-state index in [-0.39, 0.29) is 0 Å². The SMILES string of the molecule is Cc1cc(O)c([C@@H]2C[C@@H]3CC[C@@]2(C)C3(C)C)cc1C. The van der Waals surface area contributed by atoms with E-state index in [9.17, 15) is 5.11 Å². The normalized spacial score (nSPS) is 35.8. The fraction of sp³-hybridized carbons (Fsp3) is 0.667. The van der Waals surface area contributed by atoms with Gasteiger partial charge in [0.15, 0.2) is 0 Å². The van der Waals surface area contributed by atoms with E-state index >= 15 is 0 Å². The molecule has 2 aliphatic rings. The van der Waals surface area contributed by atoms with Crippen molar-refractivity contribution in [3.63, 3.8) is 0 Å². The summed E-state index contributed by atoms with van der Waals surface area (Å²) in [5, 5.41) is 10.4. The molecule has 0 aromatic heterocycles. The Morgan fingerprint density at radius 2 is 1.74 bits per heavy atom. The minimum atomic E-state index is 0.344. The van der Waals surface area contributed by atoms with Crippen molar-refractivity contribution < 1.29 is 5.11 Å². The van der Waals surface area contributed by atoms with E-state index in [0.29, 0.717) is 22.5 Å². The highest BCUT2D eigenvalue weighted by Crippen LogP contribution is 2.71. The molecule has 2 fully saturated rings. The molecule has 19 heavy (non-hydrogen) atoms. The van der Waals surface area contributed by atoms with Gasteiger partial charge in [0.2, 0.25) is 0 Å². The first kappa shape index (κ1) is 13.0. The van der Waals surface area contributed by atoms with Crippen molar-refractivity contribution in [2.24, 2.45) is 16.7 Å². The van der Waals surface area contributed by atoms with E-state index in [2.05, 4.69) is 40.7 Å². The Bertz CT molecular complexity index is 529. The molecule has 0 unspecified atom stereocenters. The molecule has 0 radical (unpaired) electrons. The number of hydrogen-bond donors (Lipinski definition) is 1. The molecule has 2 saturated carbocycles. The van der Waals surface area contributed by atoms with Gasteiger partial charge < -0.3 is 5.11 Å². The van der Waals surface area contributed by atoms with Crippen LogP contribution in [0.3, 0.4) is 0 Å². The molecule has 1 heteroatoms. The van der Waals surface area contributed by atoms with E-state index in [1.54, 1.807) is 0 Å². The summed E-state index contributed by atoms with van der Waals surface area (Å²) in [5.74, 6) is 1.86. The predicted octanol–water partition coefficient (Wildman–Crippen LogP) is 4.94. The quantitative estimate of drug-likeness (QED) is 0.756. The maximum absolute atomic E-state index is 10.4. The highest BCUT2D eigenvalue weighted by molar-refractivity contribution is 5.45. The van der Waals surface area contributed by atoms with Gasteiger partial charge in [-0.2, -0.15) is 0 Å². The molecule has 0 saturated heterocycles. The Balaban J connectivity index is 2.08. The molecule has 104 valence electrons. The Labute approximate surface area is 117 Å². The van der Waals surface area contributed by atoms with E-state index in [4.69, 9.17) is 0 Å². The van der Waals surface area contributed by atoms with Crippen LogP contribution < -0.4 is 0 Å². The molecule has 2 aliphatic carbocycles. The van der Waals surface area contributed by atoms with Gasteiger partial charge in [0.25, 0.3) is 0 Å². The first-order chi connectivity index (χ1) is 8.77. The summed E-state index contributed by atoms with van der Waals surface area (Å²) < 4.78 is 0. The summed E-state index contributed by atoms with van der Waals surface area (Å²) in [5.41, 5.74) is 4.44. The summed E-state index contributed by atoms with van der Waals surface area (Å²) >= 11 is 0. The Morgan fingerprint density at radius 3 is 2.26 bits per heavy atom. The fourth-order valence-electron chi connectivity index (χ4n) is 4.78. The summed E-state index contributed by atoms with van der Waals surface area (Å²) in [6, 6.07) is 4.18. The lowest BCUT2D eigenvalue weighted by atomic mass is 9.65. The Morgan fingerprint density at radius 1 is 1.11 bits per heavy atom. The van der Waals surface area contributed by atoms with Gasteiger partial charge in [-0.15, -0.1) is 0 Å². The molecular weight excluding hydrogens is 232 g/mol. The van der Waals surface area contributed by atoms with Crippen molar-refractivity contribution in [3.05, 3.63) is 28.8 Å². The second-order valence-corrected chi connectivity index (χ2v) is 7.66. The van der Waals surface area contributed by atoms with Crippen LogP contribution in [0.15, 0.2) is 12.1 Å². The van der Waals surface area contributed by atoms with Crippen molar-refractivity contribution in [1.29, 1.82) is 0 Å². The zero-order chi connectivity index (χ0) is 14.0. The van der Waals surface area contributed by atoms with Gasteiger partial charge in [-0.05, 0) is 78.5 Å². The molecule has 1 nitrogen and oxygen atoms in total. The topological polar surface area (TPSA) is 20.2 Å². The number of phenols is 1.